The number of nitrogens with one attached hydrogen (secondary N) is 1. The van der Waals surface area contributed by atoms with Crippen LogP contribution >= 0.6 is 11.6 Å². The number of anilines is 1. The fourth-order valence-electron chi connectivity index (χ4n) is 2.34. The lowest BCUT2D eigenvalue weighted by Gasteiger charge is -2.10. The first-order valence-corrected chi connectivity index (χ1v) is 9.26. The molecule has 0 aromatic heterocycles. The van der Waals surface area contributed by atoms with E-state index in [4.69, 9.17) is 11.6 Å². The highest BCUT2D eigenvalue weighted by atomic mass is 35.5. The number of aryl methyl sites for hydroxylation is 1. The Bertz CT molecular complexity index is 949. The lowest BCUT2D eigenvalue weighted by Crippen LogP contribution is -2.12. The third-order valence-electron chi connectivity index (χ3n) is 3.62. The Hall–Kier alpha value is -2.30. The summed E-state index contributed by atoms with van der Waals surface area (Å²) < 4.78 is 27.6. The zero-order chi connectivity index (χ0) is 17.2. The van der Waals surface area contributed by atoms with Crippen molar-refractivity contribution < 1.29 is 8.42 Å². The van der Waals surface area contributed by atoms with Crippen LogP contribution in [-0.4, -0.2) is 8.42 Å². The van der Waals surface area contributed by atoms with Gasteiger partial charge in [0.05, 0.1) is 4.90 Å². The molecule has 3 nitrogen and oxygen atoms in total. The predicted molar refractivity (Wildman–Crippen MR) is 98.9 cm³/mol. The number of rotatable bonds is 4. The molecule has 0 saturated carbocycles. The quantitative estimate of drug-likeness (QED) is 0.704. The van der Waals surface area contributed by atoms with Gasteiger partial charge in [-0.3, -0.25) is 4.72 Å². The number of halogens is 1. The lowest BCUT2D eigenvalue weighted by molar-refractivity contribution is 0.601. The van der Waals surface area contributed by atoms with Gasteiger partial charge in [0.15, 0.2) is 0 Å². The summed E-state index contributed by atoms with van der Waals surface area (Å²) in [5.74, 6) is 0. The molecule has 5 heteroatoms. The van der Waals surface area contributed by atoms with Gasteiger partial charge in [0.2, 0.25) is 0 Å². The molecule has 0 spiro atoms. The van der Waals surface area contributed by atoms with Gasteiger partial charge < -0.3 is 0 Å². The number of sulfonamides is 1. The Labute approximate surface area is 147 Å². The summed E-state index contributed by atoms with van der Waals surface area (Å²) in [5, 5.41) is 0.662. The smallest absolute Gasteiger partial charge is 0.261 e. The van der Waals surface area contributed by atoms with E-state index < -0.39 is 10.0 Å². The van der Waals surface area contributed by atoms with E-state index in [1.54, 1.807) is 48.5 Å². The molecule has 0 aliphatic carbocycles. The molecule has 0 fully saturated rings. The van der Waals surface area contributed by atoms with E-state index in [-0.39, 0.29) is 4.90 Å². The topological polar surface area (TPSA) is 46.2 Å². The van der Waals surface area contributed by atoms with Gasteiger partial charge in [-0.2, -0.15) is 0 Å². The molecule has 0 aliphatic heterocycles. The van der Waals surface area contributed by atoms with Gasteiger partial charge in [-0.25, -0.2) is 8.42 Å². The Morgan fingerprint density at radius 2 is 1.50 bits per heavy atom. The van der Waals surface area contributed by atoms with Crippen LogP contribution < -0.4 is 4.72 Å². The predicted octanol–water partition coefficient (Wildman–Crippen LogP) is 5.12. The van der Waals surface area contributed by atoms with Crippen LogP contribution in [0.25, 0.3) is 11.1 Å². The first-order chi connectivity index (χ1) is 11.4. The minimum Gasteiger partial charge on any atom is -0.280 e. The van der Waals surface area contributed by atoms with Crippen molar-refractivity contribution >= 4 is 27.3 Å². The average Bonchev–Trinajstić information content (AvgIpc) is 2.56. The summed E-state index contributed by atoms with van der Waals surface area (Å²) in [5.41, 5.74) is 3.41. The summed E-state index contributed by atoms with van der Waals surface area (Å²) in [4.78, 5) is 0.241. The van der Waals surface area contributed by atoms with E-state index in [1.165, 1.54) is 0 Å². The highest BCUT2D eigenvalue weighted by molar-refractivity contribution is 7.92. The van der Waals surface area contributed by atoms with Crippen molar-refractivity contribution in [3.8, 4) is 11.1 Å². The monoisotopic (exact) mass is 357 g/mol. The molecule has 122 valence electrons. The molecule has 24 heavy (non-hydrogen) atoms. The van der Waals surface area contributed by atoms with Crippen LogP contribution in [0.15, 0.2) is 77.7 Å². The SMILES string of the molecule is Cc1ccc(S(=O)(=O)Nc2cccc(-c3ccc(Cl)cc3)c2)cc1. The zero-order valence-electron chi connectivity index (χ0n) is 13.0. The van der Waals surface area contributed by atoms with Crippen molar-refractivity contribution in [3.05, 3.63) is 83.4 Å². The molecule has 0 atom stereocenters. The molecule has 3 aromatic rings. The standard InChI is InChI=1S/C19H16ClNO2S/c1-14-5-11-19(12-6-14)24(22,23)21-18-4-2-3-16(13-18)15-7-9-17(20)10-8-15/h2-13,21H,1H3. The van der Waals surface area contributed by atoms with Gasteiger partial charge in [-0.1, -0.05) is 53.6 Å². The van der Waals surface area contributed by atoms with Crippen LogP contribution in [-0.2, 0) is 10.0 Å². The highest BCUT2D eigenvalue weighted by Crippen LogP contribution is 2.25. The molecule has 1 N–H and O–H groups in total. The normalized spacial score (nSPS) is 11.2. The van der Waals surface area contributed by atoms with Crippen LogP contribution in [0.4, 0.5) is 5.69 Å². The molecule has 3 rings (SSSR count). The van der Waals surface area contributed by atoms with Crippen LogP contribution in [0.3, 0.4) is 0 Å². The largest absolute Gasteiger partial charge is 0.280 e. The van der Waals surface area contributed by atoms with E-state index in [0.29, 0.717) is 10.7 Å². The van der Waals surface area contributed by atoms with Crippen LogP contribution in [0.2, 0.25) is 5.02 Å². The molecular formula is C19H16ClNO2S. The zero-order valence-corrected chi connectivity index (χ0v) is 14.6. The number of hydrogen-bond donors (Lipinski definition) is 1. The molecule has 0 radical (unpaired) electrons. The molecule has 0 bridgehead atoms. The number of hydrogen-bond acceptors (Lipinski definition) is 2. The van der Waals surface area contributed by atoms with Crippen molar-refractivity contribution in [1.29, 1.82) is 0 Å². The molecule has 0 unspecified atom stereocenters. The maximum absolute atomic E-state index is 12.5. The molecule has 0 amide bonds. The van der Waals surface area contributed by atoms with Crippen LogP contribution in [0, 0.1) is 6.92 Å². The lowest BCUT2D eigenvalue weighted by atomic mass is 10.1. The van der Waals surface area contributed by atoms with E-state index in [2.05, 4.69) is 4.72 Å². The van der Waals surface area contributed by atoms with Gasteiger partial charge in [0.1, 0.15) is 0 Å². The van der Waals surface area contributed by atoms with Gasteiger partial charge in [-0.05, 0) is 54.4 Å². The van der Waals surface area contributed by atoms with E-state index in [9.17, 15) is 8.42 Å². The Kier molecular flexibility index (Phi) is 4.60. The second kappa shape index (κ2) is 6.67. The first-order valence-electron chi connectivity index (χ1n) is 7.39. The maximum Gasteiger partial charge on any atom is 0.261 e. The summed E-state index contributed by atoms with van der Waals surface area (Å²) in [6, 6.07) is 21.4. The van der Waals surface area contributed by atoms with Crippen LogP contribution in [0.1, 0.15) is 5.56 Å². The fraction of sp³-hybridized carbons (Fsp3) is 0.0526. The van der Waals surface area contributed by atoms with E-state index in [0.717, 1.165) is 16.7 Å². The van der Waals surface area contributed by atoms with Crippen LogP contribution in [0.5, 0.6) is 0 Å². The van der Waals surface area contributed by atoms with Crippen molar-refractivity contribution in [3.63, 3.8) is 0 Å². The second-order valence-corrected chi connectivity index (χ2v) is 7.63. The van der Waals surface area contributed by atoms with Crippen molar-refractivity contribution in [1.82, 2.24) is 0 Å². The minimum absolute atomic E-state index is 0.241. The van der Waals surface area contributed by atoms with E-state index in [1.807, 2.05) is 31.2 Å². The summed E-state index contributed by atoms with van der Waals surface area (Å²) >= 11 is 5.90. The van der Waals surface area contributed by atoms with Crippen molar-refractivity contribution in [2.45, 2.75) is 11.8 Å². The Morgan fingerprint density at radius 3 is 2.17 bits per heavy atom. The van der Waals surface area contributed by atoms with E-state index >= 15 is 0 Å². The second-order valence-electron chi connectivity index (χ2n) is 5.51. The highest BCUT2D eigenvalue weighted by Gasteiger charge is 2.14. The first kappa shape index (κ1) is 16.6. The molecule has 3 aromatic carbocycles. The van der Waals surface area contributed by atoms with Crippen molar-refractivity contribution in [2.75, 3.05) is 4.72 Å². The molecule has 0 aliphatic rings. The summed E-state index contributed by atoms with van der Waals surface area (Å²) in [7, 11) is -3.61. The Balaban J connectivity index is 1.89. The average molecular weight is 358 g/mol. The summed E-state index contributed by atoms with van der Waals surface area (Å²) in [6.07, 6.45) is 0. The summed E-state index contributed by atoms with van der Waals surface area (Å²) in [6.45, 7) is 1.92. The minimum atomic E-state index is -3.61. The van der Waals surface area contributed by atoms with Crippen molar-refractivity contribution in [2.24, 2.45) is 0 Å². The van der Waals surface area contributed by atoms with Gasteiger partial charge in [0, 0.05) is 10.7 Å². The van der Waals surface area contributed by atoms with Gasteiger partial charge in [-0.15, -0.1) is 0 Å². The van der Waals surface area contributed by atoms with Gasteiger partial charge in [0.25, 0.3) is 10.0 Å². The maximum atomic E-state index is 12.5. The molecule has 0 saturated heterocycles. The third kappa shape index (κ3) is 3.78. The van der Waals surface area contributed by atoms with Gasteiger partial charge >= 0.3 is 0 Å². The fourth-order valence-corrected chi connectivity index (χ4v) is 3.51. The Morgan fingerprint density at radius 1 is 0.833 bits per heavy atom. The number of benzene rings is 3. The molecular weight excluding hydrogens is 342 g/mol. The third-order valence-corrected chi connectivity index (χ3v) is 5.27. The molecule has 0 heterocycles.